The average Bonchev–Trinajstić information content (AvgIpc) is 2.56. The van der Waals surface area contributed by atoms with Crippen molar-refractivity contribution in [2.75, 3.05) is 0 Å². The fourth-order valence-corrected chi connectivity index (χ4v) is 3.01. The average molecular weight is 367 g/mol. The molecule has 1 radical (unpaired) electrons. The van der Waals surface area contributed by atoms with E-state index in [4.69, 9.17) is 0 Å². The van der Waals surface area contributed by atoms with Gasteiger partial charge in [0.05, 0.1) is 4.92 Å². The van der Waals surface area contributed by atoms with Gasteiger partial charge in [-0.15, -0.1) is 0 Å². The lowest BCUT2D eigenvalue weighted by Gasteiger charge is -2.12. The SMILES string of the molecule is Cc1ccc(-c2c(-c3ccc([N+](=O)[O-])cc3)[c]ccc2Br)cc1. The summed E-state index contributed by atoms with van der Waals surface area (Å²) >= 11 is 3.61. The van der Waals surface area contributed by atoms with Gasteiger partial charge >= 0.3 is 0 Å². The highest BCUT2D eigenvalue weighted by molar-refractivity contribution is 9.10. The van der Waals surface area contributed by atoms with E-state index in [9.17, 15) is 10.1 Å². The maximum atomic E-state index is 10.8. The second-order valence-electron chi connectivity index (χ2n) is 5.25. The molecule has 113 valence electrons. The molecule has 0 aliphatic carbocycles. The van der Waals surface area contributed by atoms with Gasteiger partial charge in [0.25, 0.3) is 5.69 Å². The van der Waals surface area contributed by atoms with Crippen LogP contribution in [0.4, 0.5) is 5.69 Å². The van der Waals surface area contributed by atoms with Crippen LogP contribution in [0.15, 0.2) is 65.1 Å². The number of non-ortho nitro benzene ring substituents is 1. The number of aryl methyl sites for hydroxylation is 1. The van der Waals surface area contributed by atoms with Crippen LogP contribution in [0.25, 0.3) is 22.3 Å². The molecule has 0 atom stereocenters. The van der Waals surface area contributed by atoms with Crippen LogP contribution in [0.1, 0.15) is 5.56 Å². The van der Waals surface area contributed by atoms with Gasteiger partial charge in [0, 0.05) is 22.2 Å². The van der Waals surface area contributed by atoms with Crippen LogP contribution in [0.2, 0.25) is 0 Å². The second kappa shape index (κ2) is 6.34. The first-order valence-corrected chi connectivity index (χ1v) is 7.87. The molecular formula is C19H13BrNO2. The summed E-state index contributed by atoms with van der Waals surface area (Å²) < 4.78 is 0.966. The summed E-state index contributed by atoms with van der Waals surface area (Å²) in [6, 6.07) is 21.9. The molecule has 3 aromatic rings. The van der Waals surface area contributed by atoms with Crippen LogP contribution in [0, 0.1) is 23.1 Å². The number of hydrogen-bond donors (Lipinski definition) is 0. The molecule has 4 heteroatoms. The highest BCUT2D eigenvalue weighted by atomic mass is 79.9. The molecule has 3 aromatic carbocycles. The lowest BCUT2D eigenvalue weighted by atomic mass is 9.94. The van der Waals surface area contributed by atoms with Crippen molar-refractivity contribution in [1.29, 1.82) is 0 Å². The molecule has 3 nitrogen and oxygen atoms in total. The third kappa shape index (κ3) is 3.17. The van der Waals surface area contributed by atoms with Gasteiger partial charge in [-0.1, -0.05) is 51.8 Å². The smallest absolute Gasteiger partial charge is 0.258 e. The Kier molecular flexibility index (Phi) is 4.26. The summed E-state index contributed by atoms with van der Waals surface area (Å²) in [6.07, 6.45) is 0. The number of benzene rings is 3. The van der Waals surface area contributed by atoms with Gasteiger partial charge in [0.15, 0.2) is 0 Å². The van der Waals surface area contributed by atoms with E-state index < -0.39 is 4.92 Å². The normalized spacial score (nSPS) is 10.5. The van der Waals surface area contributed by atoms with Crippen molar-refractivity contribution >= 4 is 21.6 Å². The first-order chi connectivity index (χ1) is 11.1. The van der Waals surface area contributed by atoms with E-state index in [1.54, 1.807) is 12.1 Å². The monoisotopic (exact) mass is 366 g/mol. The van der Waals surface area contributed by atoms with E-state index >= 15 is 0 Å². The molecule has 23 heavy (non-hydrogen) atoms. The number of rotatable bonds is 3. The summed E-state index contributed by atoms with van der Waals surface area (Å²) in [6.45, 7) is 2.05. The molecule has 0 aliphatic heterocycles. The Morgan fingerprint density at radius 3 is 2.17 bits per heavy atom. The minimum Gasteiger partial charge on any atom is -0.258 e. The molecule has 3 rings (SSSR count). The molecular weight excluding hydrogens is 354 g/mol. The van der Waals surface area contributed by atoms with E-state index in [1.807, 2.05) is 19.1 Å². The van der Waals surface area contributed by atoms with E-state index in [0.717, 1.165) is 26.7 Å². The highest BCUT2D eigenvalue weighted by Gasteiger charge is 2.12. The Morgan fingerprint density at radius 2 is 1.57 bits per heavy atom. The van der Waals surface area contributed by atoms with Crippen molar-refractivity contribution in [1.82, 2.24) is 0 Å². The number of hydrogen-bond acceptors (Lipinski definition) is 2. The Labute approximate surface area is 142 Å². The quantitative estimate of drug-likeness (QED) is 0.434. The van der Waals surface area contributed by atoms with E-state index in [0.29, 0.717) is 0 Å². The van der Waals surface area contributed by atoms with Crippen molar-refractivity contribution in [2.45, 2.75) is 6.92 Å². The standard InChI is InChI=1S/C19H13BrNO2/c1-13-5-7-15(8-6-13)19-17(3-2-4-18(19)20)14-9-11-16(12-10-14)21(22)23/h2,4-12H,1H3. The lowest BCUT2D eigenvalue weighted by molar-refractivity contribution is -0.384. The largest absolute Gasteiger partial charge is 0.269 e. The van der Waals surface area contributed by atoms with E-state index in [2.05, 4.69) is 46.3 Å². The van der Waals surface area contributed by atoms with Crippen LogP contribution < -0.4 is 0 Å². The Morgan fingerprint density at radius 1 is 0.957 bits per heavy atom. The van der Waals surface area contributed by atoms with Gasteiger partial charge in [-0.2, -0.15) is 0 Å². The van der Waals surface area contributed by atoms with E-state index in [-0.39, 0.29) is 5.69 Å². The fraction of sp³-hybridized carbons (Fsp3) is 0.0526. The molecule has 0 aromatic heterocycles. The lowest BCUT2D eigenvalue weighted by Crippen LogP contribution is -1.90. The van der Waals surface area contributed by atoms with Crippen LogP contribution in [0.3, 0.4) is 0 Å². The van der Waals surface area contributed by atoms with Gasteiger partial charge in [-0.25, -0.2) is 0 Å². The summed E-state index contributed by atoms with van der Waals surface area (Å²) in [5.74, 6) is 0. The van der Waals surface area contributed by atoms with Crippen molar-refractivity contribution in [2.24, 2.45) is 0 Å². The predicted octanol–water partition coefficient (Wildman–Crippen LogP) is 5.80. The molecule has 0 saturated carbocycles. The van der Waals surface area contributed by atoms with Gasteiger partial charge < -0.3 is 0 Å². The zero-order chi connectivity index (χ0) is 16.4. The molecule has 0 saturated heterocycles. The topological polar surface area (TPSA) is 43.1 Å². The van der Waals surface area contributed by atoms with Crippen LogP contribution in [-0.4, -0.2) is 4.92 Å². The Balaban J connectivity index is 2.14. The van der Waals surface area contributed by atoms with Crippen molar-refractivity contribution < 1.29 is 4.92 Å². The van der Waals surface area contributed by atoms with Gasteiger partial charge in [-0.05, 0) is 47.9 Å². The summed E-state index contributed by atoms with van der Waals surface area (Å²) in [5.41, 5.74) is 5.20. The van der Waals surface area contributed by atoms with Crippen LogP contribution in [-0.2, 0) is 0 Å². The Hall–Kier alpha value is -2.46. The van der Waals surface area contributed by atoms with Crippen LogP contribution in [0.5, 0.6) is 0 Å². The van der Waals surface area contributed by atoms with Crippen molar-refractivity contribution in [3.05, 3.63) is 86.9 Å². The maximum Gasteiger partial charge on any atom is 0.269 e. The third-order valence-electron chi connectivity index (χ3n) is 3.65. The molecule has 0 heterocycles. The van der Waals surface area contributed by atoms with Gasteiger partial charge in [0.2, 0.25) is 0 Å². The van der Waals surface area contributed by atoms with Gasteiger partial charge in [0.1, 0.15) is 0 Å². The molecule has 0 amide bonds. The molecule has 0 aliphatic rings. The van der Waals surface area contributed by atoms with E-state index in [1.165, 1.54) is 17.7 Å². The number of halogens is 1. The minimum atomic E-state index is -0.394. The number of nitro groups is 1. The number of nitro benzene ring substituents is 1. The molecule has 0 N–H and O–H groups in total. The third-order valence-corrected chi connectivity index (χ3v) is 4.31. The predicted molar refractivity (Wildman–Crippen MR) is 95.2 cm³/mol. The fourth-order valence-electron chi connectivity index (χ4n) is 2.45. The molecule has 0 spiro atoms. The zero-order valence-corrected chi connectivity index (χ0v) is 14.0. The summed E-state index contributed by atoms with van der Waals surface area (Å²) in [7, 11) is 0. The molecule has 0 unspecified atom stereocenters. The van der Waals surface area contributed by atoms with Gasteiger partial charge in [-0.3, -0.25) is 10.1 Å². The number of nitrogens with zero attached hydrogens (tertiary/aromatic N) is 1. The van der Waals surface area contributed by atoms with Crippen LogP contribution >= 0.6 is 15.9 Å². The minimum absolute atomic E-state index is 0.0839. The molecule has 0 fully saturated rings. The van der Waals surface area contributed by atoms with Crippen molar-refractivity contribution in [3.8, 4) is 22.3 Å². The Bertz CT molecular complexity index is 856. The zero-order valence-electron chi connectivity index (χ0n) is 12.4. The highest BCUT2D eigenvalue weighted by Crippen LogP contribution is 2.37. The first-order valence-electron chi connectivity index (χ1n) is 7.08. The second-order valence-corrected chi connectivity index (χ2v) is 6.10. The van der Waals surface area contributed by atoms with Crippen molar-refractivity contribution in [3.63, 3.8) is 0 Å². The first kappa shape index (κ1) is 15.4. The summed E-state index contributed by atoms with van der Waals surface area (Å²) in [5, 5.41) is 10.8. The molecule has 0 bridgehead atoms. The maximum absolute atomic E-state index is 10.8. The summed E-state index contributed by atoms with van der Waals surface area (Å²) in [4.78, 5) is 10.4.